The molecule has 39 heavy (non-hydrogen) atoms. The maximum absolute atomic E-state index is 13.3. The molecular formula is C29H38N4O6. The van der Waals surface area contributed by atoms with Crippen molar-refractivity contribution in [2.75, 3.05) is 18.4 Å². The number of hydrogen-bond donors (Lipinski definition) is 3. The molecule has 1 aromatic rings. The minimum absolute atomic E-state index is 0.0966. The smallest absolute Gasteiger partial charge is 0.407 e. The van der Waals surface area contributed by atoms with Gasteiger partial charge in [-0.25, -0.2) is 4.79 Å². The van der Waals surface area contributed by atoms with Crippen LogP contribution >= 0.6 is 0 Å². The lowest BCUT2D eigenvalue weighted by Gasteiger charge is -2.52. The van der Waals surface area contributed by atoms with Crippen LogP contribution in [0.4, 0.5) is 10.5 Å². The second-order valence-electron chi connectivity index (χ2n) is 12.7. The molecule has 1 atom stereocenters. The van der Waals surface area contributed by atoms with E-state index < -0.39 is 29.4 Å². The normalized spacial score (nSPS) is 28.6. The standard InChI is InChI=1S/C29H38N4O6/c1-28(2,3)39-27(38)31-15-17-9-11-29(12-10-17)13-18(14-29)16-30-20-6-4-5-19-23(20)26(37)33(25(19)36)21-7-8-22(34)32-24(21)35/h4-6,17-18,21,30H,7-16H2,1-3H3,(H,31,38)(H,32,34,35). The van der Waals surface area contributed by atoms with Crippen molar-refractivity contribution in [3.05, 3.63) is 29.3 Å². The van der Waals surface area contributed by atoms with Crippen molar-refractivity contribution >= 4 is 35.4 Å². The fourth-order valence-electron chi connectivity index (χ4n) is 6.67. The lowest BCUT2D eigenvalue weighted by Crippen LogP contribution is -2.54. The van der Waals surface area contributed by atoms with Crippen LogP contribution in [-0.2, 0) is 14.3 Å². The van der Waals surface area contributed by atoms with Gasteiger partial charge in [0.1, 0.15) is 11.6 Å². The minimum atomic E-state index is -0.969. The summed E-state index contributed by atoms with van der Waals surface area (Å²) in [6.45, 7) is 6.94. The molecular weight excluding hydrogens is 500 g/mol. The number of nitrogens with one attached hydrogen (secondary N) is 3. The summed E-state index contributed by atoms with van der Waals surface area (Å²) < 4.78 is 5.34. The molecule has 5 amide bonds. The number of hydrogen-bond acceptors (Lipinski definition) is 7. The highest BCUT2D eigenvalue weighted by molar-refractivity contribution is 6.25. The molecule has 0 radical (unpaired) electrons. The molecule has 5 rings (SSSR count). The van der Waals surface area contributed by atoms with Gasteiger partial charge in [0, 0.05) is 25.2 Å². The van der Waals surface area contributed by atoms with Gasteiger partial charge in [-0.3, -0.25) is 29.4 Å². The van der Waals surface area contributed by atoms with Gasteiger partial charge in [0.15, 0.2) is 0 Å². The molecule has 10 heteroatoms. The number of carbonyl (C=O) groups excluding carboxylic acids is 5. The van der Waals surface area contributed by atoms with Crippen molar-refractivity contribution in [1.82, 2.24) is 15.5 Å². The Morgan fingerprint density at radius 3 is 2.41 bits per heavy atom. The molecule has 1 aromatic carbocycles. The van der Waals surface area contributed by atoms with E-state index in [1.807, 2.05) is 20.8 Å². The van der Waals surface area contributed by atoms with Crippen LogP contribution in [0.15, 0.2) is 18.2 Å². The van der Waals surface area contributed by atoms with E-state index in [-0.39, 0.29) is 30.4 Å². The summed E-state index contributed by atoms with van der Waals surface area (Å²) in [5.41, 5.74) is 1.07. The zero-order valence-electron chi connectivity index (χ0n) is 22.9. The first-order valence-electron chi connectivity index (χ1n) is 14.0. The Morgan fingerprint density at radius 2 is 1.74 bits per heavy atom. The van der Waals surface area contributed by atoms with Crippen molar-refractivity contribution in [3.63, 3.8) is 0 Å². The molecule has 1 spiro atoms. The van der Waals surface area contributed by atoms with Crippen LogP contribution in [0.5, 0.6) is 0 Å². The minimum Gasteiger partial charge on any atom is -0.444 e. The second-order valence-corrected chi connectivity index (χ2v) is 12.7. The number of rotatable bonds is 6. The molecule has 210 valence electrons. The zero-order valence-corrected chi connectivity index (χ0v) is 22.9. The highest BCUT2D eigenvalue weighted by Gasteiger charge is 2.47. The van der Waals surface area contributed by atoms with Gasteiger partial charge in [0.2, 0.25) is 11.8 Å². The monoisotopic (exact) mass is 538 g/mol. The van der Waals surface area contributed by atoms with Crippen LogP contribution in [-0.4, -0.2) is 59.4 Å². The highest BCUT2D eigenvalue weighted by atomic mass is 16.6. The maximum Gasteiger partial charge on any atom is 0.407 e. The number of fused-ring (bicyclic) bond motifs is 1. The lowest BCUT2D eigenvalue weighted by molar-refractivity contribution is -0.136. The van der Waals surface area contributed by atoms with E-state index in [1.54, 1.807) is 18.2 Å². The number of amides is 5. The molecule has 3 fully saturated rings. The van der Waals surface area contributed by atoms with Gasteiger partial charge in [-0.2, -0.15) is 0 Å². The van der Waals surface area contributed by atoms with Crippen LogP contribution < -0.4 is 16.0 Å². The number of imide groups is 2. The molecule has 2 heterocycles. The Bertz CT molecular complexity index is 1190. The van der Waals surface area contributed by atoms with E-state index >= 15 is 0 Å². The Balaban J connectivity index is 1.11. The molecule has 4 aliphatic rings. The lowest BCUT2D eigenvalue weighted by atomic mass is 9.54. The van der Waals surface area contributed by atoms with Gasteiger partial charge < -0.3 is 15.4 Å². The van der Waals surface area contributed by atoms with Crippen LogP contribution in [0.1, 0.15) is 92.9 Å². The average molecular weight is 539 g/mol. The Labute approximate surface area is 228 Å². The zero-order chi connectivity index (χ0) is 27.9. The molecule has 1 unspecified atom stereocenters. The SMILES string of the molecule is CC(C)(C)OC(=O)NCC1CCC2(CC1)CC(CNc1cccc3c1C(=O)N(C1CCC(=O)NC1=O)C3=O)C2. The molecule has 3 N–H and O–H groups in total. The first-order chi connectivity index (χ1) is 18.4. The largest absolute Gasteiger partial charge is 0.444 e. The van der Waals surface area contributed by atoms with E-state index in [4.69, 9.17) is 4.74 Å². The van der Waals surface area contributed by atoms with E-state index in [0.29, 0.717) is 41.6 Å². The quantitative estimate of drug-likeness (QED) is 0.471. The van der Waals surface area contributed by atoms with Gasteiger partial charge in [-0.05, 0) is 95.1 Å². The van der Waals surface area contributed by atoms with Crippen LogP contribution in [0.2, 0.25) is 0 Å². The van der Waals surface area contributed by atoms with E-state index in [0.717, 1.165) is 43.4 Å². The molecule has 1 saturated heterocycles. The predicted molar refractivity (Wildman–Crippen MR) is 143 cm³/mol. The second kappa shape index (κ2) is 10.3. The summed E-state index contributed by atoms with van der Waals surface area (Å²) in [7, 11) is 0. The van der Waals surface area contributed by atoms with Crippen LogP contribution in [0.25, 0.3) is 0 Å². The summed E-state index contributed by atoms with van der Waals surface area (Å²) in [5, 5.41) is 8.55. The molecule has 0 bridgehead atoms. The maximum atomic E-state index is 13.3. The summed E-state index contributed by atoms with van der Waals surface area (Å²) in [6, 6.07) is 4.19. The topological polar surface area (TPSA) is 134 Å². The molecule has 2 aliphatic heterocycles. The van der Waals surface area contributed by atoms with Gasteiger partial charge in [0.25, 0.3) is 11.8 Å². The number of ether oxygens (including phenoxy) is 1. The number of alkyl carbamates (subject to hydrolysis) is 1. The van der Waals surface area contributed by atoms with E-state index in [2.05, 4.69) is 16.0 Å². The summed E-state index contributed by atoms with van der Waals surface area (Å²) in [4.78, 5) is 63.2. The first kappa shape index (κ1) is 27.1. The van der Waals surface area contributed by atoms with Crippen molar-refractivity contribution < 1.29 is 28.7 Å². The average Bonchev–Trinajstić information content (AvgIpc) is 3.10. The third-order valence-electron chi connectivity index (χ3n) is 8.59. The van der Waals surface area contributed by atoms with E-state index in [1.165, 1.54) is 0 Å². The van der Waals surface area contributed by atoms with Crippen molar-refractivity contribution in [1.29, 1.82) is 0 Å². The summed E-state index contributed by atoms with van der Waals surface area (Å²) in [6.07, 6.45) is 6.61. The van der Waals surface area contributed by atoms with Crippen molar-refractivity contribution in [2.45, 2.75) is 83.8 Å². The van der Waals surface area contributed by atoms with Gasteiger partial charge in [0.05, 0.1) is 11.1 Å². The number of anilines is 1. The molecule has 0 aromatic heterocycles. The molecule has 2 saturated carbocycles. The molecule has 10 nitrogen and oxygen atoms in total. The summed E-state index contributed by atoms with van der Waals surface area (Å²) in [5.74, 6) is -1.02. The Morgan fingerprint density at radius 1 is 1.03 bits per heavy atom. The fourth-order valence-corrected chi connectivity index (χ4v) is 6.67. The predicted octanol–water partition coefficient (Wildman–Crippen LogP) is 3.61. The fraction of sp³-hybridized carbons (Fsp3) is 0.621. The summed E-state index contributed by atoms with van der Waals surface area (Å²) >= 11 is 0. The van der Waals surface area contributed by atoms with Crippen LogP contribution in [0, 0.1) is 17.3 Å². The van der Waals surface area contributed by atoms with E-state index in [9.17, 15) is 24.0 Å². The van der Waals surface area contributed by atoms with Gasteiger partial charge in [-0.15, -0.1) is 0 Å². The highest BCUT2D eigenvalue weighted by Crippen LogP contribution is 2.55. The van der Waals surface area contributed by atoms with Crippen LogP contribution in [0.3, 0.4) is 0 Å². The number of nitrogens with zero attached hydrogens (tertiary/aromatic N) is 1. The third kappa shape index (κ3) is 5.65. The Hall–Kier alpha value is -3.43. The van der Waals surface area contributed by atoms with Gasteiger partial charge in [-0.1, -0.05) is 6.07 Å². The van der Waals surface area contributed by atoms with Crippen molar-refractivity contribution in [3.8, 4) is 0 Å². The first-order valence-corrected chi connectivity index (χ1v) is 14.0. The number of benzene rings is 1. The number of carbonyl (C=O) groups is 5. The Kier molecular flexibility index (Phi) is 7.15. The third-order valence-corrected chi connectivity index (χ3v) is 8.59. The van der Waals surface area contributed by atoms with Gasteiger partial charge >= 0.3 is 6.09 Å². The number of piperidine rings is 1. The molecule has 2 aliphatic carbocycles. The van der Waals surface area contributed by atoms with Crippen molar-refractivity contribution in [2.24, 2.45) is 17.3 Å².